The van der Waals surface area contributed by atoms with Gasteiger partial charge in [-0.2, -0.15) is 5.26 Å². The molecule has 35 heavy (non-hydrogen) atoms. The van der Waals surface area contributed by atoms with E-state index in [4.69, 9.17) is 26.7 Å². The molecule has 0 saturated heterocycles. The number of urea groups is 1. The van der Waals surface area contributed by atoms with Gasteiger partial charge in [0.1, 0.15) is 10.6 Å². The Morgan fingerprint density at radius 3 is 2.43 bits per heavy atom. The molecule has 1 radical (unpaired) electrons. The number of ether oxygens (including phenoxy) is 1. The molecule has 0 unspecified atom stereocenters. The first-order valence-corrected chi connectivity index (χ1v) is 10.6. The number of carboxylic acid groups (broad SMARTS) is 1. The maximum atomic E-state index is 12.7. The largest absolute Gasteiger partial charge is 2.00 e. The molecule has 10 nitrogen and oxygen atoms in total. The fraction of sp³-hybridized carbons (Fsp3) is 0.0909. The van der Waals surface area contributed by atoms with E-state index in [1.807, 2.05) is 0 Å². The molecule has 3 rings (SSSR count). The Morgan fingerprint density at radius 1 is 1.17 bits per heavy atom. The van der Waals surface area contributed by atoms with Crippen molar-refractivity contribution in [3.05, 3.63) is 70.2 Å². The quantitative estimate of drug-likeness (QED) is 0.104. The number of hydrogen-bond acceptors (Lipinski definition) is 8. The van der Waals surface area contributed by atoms with Crippen LogP contribution >= 0.6 is 22.9 Å². The first-order valence-electron chi connectivity index (χ1n) is 9.41. The van der Waals surface area contributed by atoms with Gasteiger partial charge in [0.25, 0.3) is 5.19 Å². The third-order valence-electron chi connectivity index (χ3n) is 4.09. The van der Waals surface area contributed by atoms with Crippen molar-refractivity contribution in [2.24, 2.45) is 4.99 Å². The van der Waals surface area contributed by atoms with Crippen molar-refractivity contribution >= 4 is 53.4 Å². The van der Waals surface area contributed by atoms with Gasteiger partial charge in [0.15, 0.2) is 0 Å². The fourth-order valence-electron chi connectivity index (χ4n) is 2.49. The van der Waals surface area contributed by atoms with Gasteiger partial charge in [0, 0.05) is 17.9 Å². The zero-order chi connectivity index (χ0) is 24.5. The number of aromatic nitrogens is 1. The van der Waals surface area contributed by atoms with Crippen LogP contribution in [0.1, 0.15) is 15.2 Å². The van der Waals surface area contributed by atoms with Gasteiger partial charge in [0.2, 0.25) is 6.03 Å². The number of benzene rings is 2. The summed E-state index contributed by atoms with van der Waals surface area (Å²) in [5, 5.41) is 18.5. The number of nitriles is 1. The fourth-order valence-corrected chi connectivity index (χ4v) is 3.24. The Hall–Kier alpha value is -3.75. The van der Waals surface area contributed by atoms with E-state index < -0.39 is 18.5 Å². The number of hydrogen-bond donors (Lipinski definition) is 1. The number of thiazole rings is 1. The summed E-state index contributed by atoms with van der Waals surface area (Å²) in [5.74, 6) is -0.694. The average molecular weight is 551 g/mol. The predicted octanol–water partition coefficient (Wildman–Crippen LogP) is 4.34. The monoisotopic (exact) mass is 550 g/mol. The minimum absolute atomic E-state index is 0. The van der Waals surface area contributed by atoms with E-state index in [0.29, 0.717) is 26.9 Å². The third kappa shape index (κ3) is 7.91. The van der Waals surface area contributed by atoms with E-state index in [1.54, 1.807) is 54.6 Å². The molecule has 0 bridgehead atoms. The first kappa shape index (κ1) is 27.5. The molecule has 3 aromatic rings. The third-order valence-corrected chi connectivity index (χ3v) is 5.21. The van der Waals surface area contributed by atoms with E-state index >= 15 is 0 Å². The molecule has 177 valence electrons. The molecule has 1 aromatic heterocycles. The van der Waals surface area contributed by atoms with Crippen molar-refractivity contribution in [1.82, 2.24) is 14.8 Å². The standard InChI is InChI=1S/C22H14ClN5O5S.Mn/c23-16-3-1-15(2-4-16)12-28(22(32)27(14-29)10-9-24)13-26-17-5-7-18(8-6-17)33-21-25-11-19(34-21)20(30)31;/h1-8,11H,10,12H2,(H,30,31);/q-2;+2. The molecule has 13 heteroatoms. The molecule has 3 amide bonds. The maximum Gasteiger partial charge on any atom is 2.00 e. The van der Waals surface area contributed by atoms with Crippen LogP contribution in [-0.4, -0.2) is 51.2 Å². The summed E-state index contributed by atoms with van der Waals surface area (Å²) >= 11 is 6.78. The Labute approximate surface area is 219 Å². The van der Waals surface area contributed by atoms with E-state index in [1.165, 1.54) is 12.6 Å². The van der Waals surface area contributed by atoms with Gasteiger partial charge in [0.05, 0.1) is 25.2 Å². The Morgan fingerprint density at radius 2 is 1.86 bits per heavy atom. The van der Waals surface area contributed by atoms with Crippen molar-refractivity contribution < 1.29 is 41.3 Å². The summed E-state index contributed by atoms with van der Waals surface area (Å²) in [7, 11) is 0. The summed E-state index contributed by atoms with van der Waals surface area (Å²) in [6.45, 7) is -0.465. The second-order valence-electron chi connectivity index (χ2n) is 6.43. The Kier molecular flexibility index (Phi) is 10.4. The molecule has 2 aromatic carbocycles. The summed E-state index contributed by atoms with van der Waals surface area (Å²) in [5.41, 5.74) is 1.10. The van der Waals surface area contributed by atoms with Crippen LogP contribution < -0.4 is 4.74 Å². The van der Waals surface area contributed by atoms with Gasteiger partial charge >= 0.3 is 23.0 Å². The number of rotatable bonds is 9. The molecular formula is C22H14ClMnN5O5S. The molecule has 1 heterocycles. The van der Waals surface area contributed by atoms with Gasteiger partial charge in [-0.25, -0.2) is 9.78 Å². The molecule has 0 aliphatic heterocycles. The van der Waals surface area contributed by atoms with Crippen molar-refractivity contribution in [2.45, 2.75) is 6.54 Å². The number of carboxylic acids is 1. The van der Waals surface area contributed by atoms with Crippen molar-refractivity contribution in [1.29, 1.82) is 5.26 Å². The van der Waals surface area contributed by atoms with Crippen LogP contribution in [0.5, 0.6) is 10.9 Å². The van der Waals surface area contributed by atoms with Gasteiger partial charge in [-0.15, -0.1) is 0 Å². The van der Waals surface area contributed by atoms with Crippen molar-refractivity contribution in [3.63, 3.8) is 0 Å². The summed E-state index contributed by atoms with van der Waals surface area (Å²) in [6.07, 6.45) is 5.21. The molecular weight excluding hydrogens is 537 g/mol. The predicted molar refractivity (Wildman–Crippen MR) is 123 cm³/mol. The number of aliphatic imine (C=N–C) groups is 1. The van der Waals surface area contributed by atoms with E-state index in [2.05, 4.69) is 16.3 Å². The maximum absolute atomic E-state index is 12.7. The summed E-state index contributed by atoms with van der Waals surface area (Å²) in [4.78, 5) is 44.4. The first-order chi connectivity index (χ1) is 16.4. The molecule has 0 spiro atoms. The van der Waals surface area contributed by atoms with Gasteiger partial charge < -0.3 is 34.2 Å². The number of amides is 3. The van der Waals surface area contributed by atoms with E-state index in [0.717, 1.165) is 16.2 Å². The van der Waals surface area contributed by atoms with Gasteiger partial charge in [-0.05, 0) is 35.5 Å². The topological polar surface area (TPSA) is 136 Å². The molecule has 0 fully saturated rings. The number of carbonyl (C=O) groups excluding carboxylic acids is 2. The Balaban J connectivity index is 0.00000432. The van der Waals surface area contributed by atoms with Gasteiger partial charge in [-0.3, -0.25) is 0 Å². The van der Waals surface area contributed by atoms with Crippen LogP contribution in [-0.2, 0) is 28.4 Å². The van der Waals surface area contributed by atoms with Crippen molar-refractivity contribution in [2.75, 3.05) is 6.54 Å². The van der Waals surface area contributed by atoms with Crippen LogP contribution in [0.2, 0.25) is 5.02 Å². The van der Waals surface area contributed by atoms with Crippen LogP contribution in [0.25, 0.3) is 0 Å². The summed E-state index contributed by atoms with van der Waals surface area (Å²) in [6, 6.07) is 13.9. The minimum atomic E-state index is -1.09. The SMILES string of the molecule is N#CCN([C-]=O)C(=O)N([C-]=Nc1ccc(Oc2ncc(C(=O)O)s2)cc1)Cc1ccc(Cl)cc1.[Mn+2]. The number of nitrogens with zero attached hydrogens (tertiary/aromatic N) is 5. The average Bonchev–Trinajstić information content (AvgIpc) is 3.31. The minimum Gasteiger partial charge on any atom is -0.477 e. The van der Waals surface area contributed by atoms with Crippen molar-refractivity contribution in [3.8, 4) is 17.0 Å². The van der Waals surface area contributed by atoms with E-state index in [9.17, 15) is 14.4 Å². The van der Waals surface area contributed by atoms with Crippen LogP contribution in [0.15, 0.2) is 59.7 Å². The van der Waals surface area contributed by atoms with E-state index in [-0.39, 0.29) is 33.7 Å². The molecule has 0 aliphatic rings. The smallest absolute Gasteiger partial charge is 0.477 e. The number of carbonyl (C=O) groups is 2. The number of imide groups is 1. The zero-order valence-corrected chi connectivity index (χ0v) is 20.3. The Bertz CT molecular complexity index is 1240. The summed E-state index contributed by atoms with van der Waals surface area (Å²) < 4.78 is 5.52. The van der Waals surface area contributed by atoms with Gasteiger partial charge in [-0.1, -0.05) is 47.2 Å². The number of halogens is 1. The van der Waals surface area contributed by atoms with Crippen LogP contribution in [0, 0.1) is 11.3 Å². The zero-order valence-electron chi connectivity index (χ0n) is 17.6. The molecule has 1 N–H and O–H groups in total. The second kappa shape index (κ2) is 13.2. The molecule has 0 saturated carbocycles. The normalized spacial score (nSPS) is 10.2. The van der Waals surface area contributed by atoms with Crippen LogP contribution in [0.4, 0.5) is 10.5 Å². The van der Waals surface area contributed by atoms with Crippen LogP contribution in [0.3, 0.4) is 0 Å². The second-order valence-corrected chi connectivity index (χ2v) is 7.86. The number of aromatic carboxylic acids is 1. The molecule has 0 aliphatic carbocycles. The molecule has 0 atom stereocenters.